The van der Waals surface area contributed by atoms with E-state index in [0.29, 0.717) is 4.73 Å². The molecule has 0 unspecified atom stereocenters. The van der Waals surface area contributed by atoms with Crippen LogP contribution in [-0.2, 0) is 0 Å². The van der Waals surface area contributed by atoms with Crippen LogP contribution in [0.25, 0.3) is 11.3 Å². The first-order valence-electron chi connectivity index (χ1n) is 6.10. The predicted octanol–water partition coefficient (Wildman–Crippen LogP) is 4.15. The standard InChI is InChI=1S/C15H17BrN2O/c1-8-6-12(10(3)11(4)14(8)19-5)13-7-9(2)17-15(16)18-13/h6-7H,1-5H3. The van der Waals surface area contributed by atoms with E-state index >= 15 is 0 Å². The second-order valence-electron chi connectivity index (χ2n) is 4.69. The summed E-state index contributed by atoms with van der Waals surface area (Å²) < 4.78 is 6.07. The van der Waals surface area contributed by atoms with E-state index in [1.807, 2.05) is 13.0 Å². The topological polar surface area (TPSA) is 35.0 Å². The minimum absolute atomic E-state index is 0.619. The molecule has 0 radical (unpaired) electrons. The summed E-state index contributed by atoms with van der Waals surface area (Å²) in [5.74, 6) is 0.950. The van der Waals surface area contributed by atoms with E-state index in [9.17, 15) is 0 Å². The van der Waals surface area contributed by atoms with Crippen molar-refractivity contribution in [1.29, 1.82) is 0 Å². The molecule has 1 heterocycles. The quantitative estimate of drug-likeness (QED) is 0.780. The highest BCUT2D eigenvalue weighted by molar-refractivity contribution is 9.10. The van der Waals surface area contributed by atoms with E-state index in [0.717, 1.165) is 33.8 Å². The number of hydrogen-bond acceptors (Lipinski definition) is 3. The average molecular weight is 321 g/mol. The summed E-state index contributed by atoms with van der Waals surface area (Å²) in [5.41, 5.74) is 6.47. The average Bonchev–Trinajstić information content (AvgIpc) is 2.33. The van der Waals surface area contributed by atoms with E-state index < -0.39 is 0 Å². The number of rotatable bonds is 2. The Kier molecular flexibility index (Phi) is 3.90. The zero-order valence-corrected chi connectivity index (χ0v) is 13.4. The second-order valence-corrected chi connectivity index (χ2v) is 5.40. The number of aromatic nitrogens is 2. The molecule has 0 fully saturated rings. The Bertz CT molecular complexity index is 618. The summed E-state index contributed by atoms with van der Waals surface area (Å²) in [6.07, 6.45) is 0. The maximum Gasteiger partial charge on any atom is 0.197 e. The number of methoxy groups -OCH3 is 1. The maximum absolute atomic E-state index is 5.45. The molecule has 0 aliphatic heterocycles. The summed E-state index contributed by atoms with van der Waals surface area (Å²) >= 11 is 3.35. The highest BCUT2D eigenvalue weighted by Crippen LogP contribution is 2.33. The van der Waals surface area contributed by atoms with Gasteiger partial charge < -0.3 is 4.74 Å². The van der Waals surface area contributed by atoms with Crippen molar-refractivity contribution in [3.63, 3.8) is 0 Å². The Balaban J connectivity index is 2.69. The Labute approximate surface area is 122 Å². The third-order valence-corrected chi connectivity index (χ3v) is 3.69. The van der Waals surface area contributed by atoms with Crippen LogP contribution in [0, 0.1) is 27.7 Å². The summed E-state index contributed by atoms with van der Waals surface area (Å²) in [6.45, 7) is 8.19. The van der Waals surface area contributed by atoms with Gasteiger partial charge in [-0.3, -0.25) is 0 Å². The number of hydrogen-bond donors (Lipinski definition) is 0. The first-order chi connectivity index (χ1) is 8.93. The molecular formula is C15H17BrN2O. The molecule has 0 saturated carbocycles. The van der Waals surface area contributed by atoms with Crippen LogP contribution in [-0.4, -0.2) is 17.1 Å². The van der Waals surface area contributed by atoms with Crippen LogP contribution in [0.4, 0.5) is 0 Å². The zero-order valence-electron chi connectivity index (χ0n) is 11.8. The Morgan fingerprint density at radius 1 is 1.00 bits per heavy atom. The zero-order chi connectivity index (χ0) is 14.2. The third kappa shape index (κ3) is 2.63. The number of nitrogens with zero attached hydrogens (tertiary/aromatic N) is 2. The van der Waals surface area contributed by atoms with E-state index in [2.05, 4.69) is 52.7 Å². The lowest BCUT2D eigenvalue weighted by atomic mass is 9.96. The molecule has 100 valence electrons. The molecule has 0 spiro atoms. The van der Waals surface area contributed by atoms with Crippen molar-refractivity contribution in [3.05, 3.63) is 39.3 Å². The minimum Gasteiger partial charge on any atom is -0.496 e. The van der Waals surface area contributed by atoms with Gasteiger partial charge in [-0.25, -0.2) is 9.97 Å². The predicted molar refractivity (Wildman–Crippen MR) is 80.7 cm³/mol. The van der Waals surface area contributed by atoms with E-state index in [4.69, 9.17) is 4.74 Å². The lowest BCUT2D eigenvalue weighted by Crippen LogP contribution is -1.98. The van der Waals surface area contributed by atoms with Gasteiger partial charge in [0.15, 0.2) is 4.73 Å². The summed E-state index contributed by atoms with van der Waals surface area (Å²) in [5, 5.41) is 0. The Hall–Kier alpha value is -1.42. The van der Waals surface area contributed by atoms with Gasteiger partial charge in [-0.1, -0.05) is 0 Å². The van der Waals surface area contributed by atoms with Crippen molar-refractivity contribution in [1.82, 2.24) is 9.97 Å². The SMILES string of the molecule is COc1c(C)cc(-c2cc(C)nc(Br)n2)c(C)c1C. The third-order valence-electron chi connectivity index (χ3n) is 3.33. The van der Waals surface area contributed by atoms with Crippen molar-refractivity contribution in [2.45, 2.75) is 27.7 Å². The van der Waals surface area contributed by atoms with Crippen LogP contribution in [0.2, 0.25) is 0 Å². The van der Waals surface area contributed by atoms with Crippen LogP contribution in [0.1, 0.15) is 22.4 Å². The summed E-state index contributed by atoms with van der Waals surface area (Å²) in [7, 11) is 1.71. The van der Waals surface area contributed by atoms with Crippen LogP contribution >= 0.6 is 15.9 Å². The lowest BCUT2D eigenvalue weighted by Gasteiger charge is -2.15. The van der Waals surface area contributed by atoms with Gasteiger partial charge >= 0.3 is 0 Å². The largest absolute Gasteiger partial charge is 0.496 e. The van der Waals surface area contributed by atoms with Crippen LogP contribution in [0.5, 0.6) is 5.75 Å². The Morgan fingerprint density at radius 2 is 1.68 bits per heavy atom. The van der Waals surface area contributed by atoms with Crippen molar-refractivity contribution >= 4 is 15.9 Å². The summed E-state index contributed by atoms with van der Waals surface area (Å²) in [4.78, 5) is 8.72. The minimum atomic E-state index is 0.619. The molecule has 4 heteroatoms. The second kappa shape index (κ2) is 5.29. The van der Waals surface area contributed by atoms with Crippen molar-refractivity contribution in [2.24, 2.45) is 0 Å². The number of ether oxygens (including phenoxy) is 1. The highest BCUT2D eigenvalue weighted by atomic mass is 79.9. The van der Waals surface area contributed by atoms with Gasteiger partial charge in [0.2, 0.25) is 0 Å². The normalized spacial score (nSPS) is 10.6. The number of halogens is 1. The first kappa shape index (κ1) is 14.0. The molecule has 1 aromatic heterocycles. The Morgan fingerprint density at radius 3 is 2.26 bits per heavy atom. The molecule has 0 atom stereocenters. The van der Waals surface area contributed by atoms with E-state index in [1.165, 1.54) is 5.56 Å². The molecule has 19 heavy (non-hydrogen) atoms. The fourth-order valence-electron chi connectivity index (χ4n) is 2.31. The molecule has 0 aliphatic carbocycles. The highest BCUT2D eigenvalue weighted by Gasteiger charge is 2.13. The molecule has 0 amide bonds. The molecule has 0 aliphatic rings. The molecule has 2 aromatic rings. The molecule has 0 bridgehead atoms. The molecule has 2 rings (SSSR count). The van der Waals surface area contributed by atoms with Crippen molar-refractivity contribution in [2.75, 3.05) is 7.11 Å². The molecule has 1 aromatic carbocycles. The molecule has 3 nitrogen and oxygen atoms in total. The van der Waals surface area contributed by atoms with Gasteiger partial charge in [-0.15, -0.1) is 0 Å². The smallest absolute Gasteiger partial charge is 0.197 e. The molecular weight excluding hydrogens is 304 g/mol. The first-order valence-corrected chi connectivity index (χ1v) is 6.89. The molecule has 0 saturated heterocycles. The van der Waals surface area contributed by atoms with Crippen LogP contribution in [0.15, 0.2) is 16.9 Å². The summed E-state index contributed by atoms with van der Waals surface area (Å²) in [6, 6.07) is 4.12. The van der Waals surface area contributed by atoms with Gasteiger partial charge in [0.1, 0.15) is 5.75 Å². The number of aryl methyl sites for hydroxylation is 2. The van der Waals surface area contributed by atoms with Gasteiger partial charge in [0.25, 0.3) is 0 Å². The lowest BCUT2D eigenvalue weighted by molar-refractivity contribution is 0.408. The fraction of sp³-hybridized carbons (Fsp3) is 0.333. The van der Waals surface area contributed by atoms with Crippen LogP contribution in [0.3, 0.4) is 0 Å². The van der Waals surface area contributed by atoms with Crippen molar-refractivity contribution < 1.29 is 4.74 Å². The maximum atomic E-state index is 5.45. The number of benzene rings is 1. The van der Waals surface area contributed by atoms with Gasteiger partial charge in [-0.2, -0.15) is 0 Å². The van der Waals surface area contributed by atoms with Crippen LogP contribution < -0.4 is 4.74 Å². The van der Waals surface area contributed by atoms with E-state index in [1.54, 1.807) is 7.11 Å². The van der Waals surface area contributed by atoms with Gasteiger partial charge in [0, 0.05) is 11.3 Å². The van der Waals surface area contributed by atoms with Gasteiger partial charge in [0.05, 0.1) is 12.8 Å². The van der Waals surface area contributed by atoms with Crippen molar-refractivity contribution in [3.8, 4) is 17.0 Å². The monoisotopic (exact) mass is 320 g/mol. The fourth-order valence-corrected chi connectivity index (χ4v) is 2.78. The van der Waals surface area contributed by atoms with E-state index in [-0.39, 0.29) is 0 Å². The molecule has 0 N–H and O–H groups in total. The van der Waals surface area contributed by atoms with Gasteiger partial charge in [-0.05, 0) is 72.4 Å².